The van der Waals surface area contributed by atoms with Crippen molar-refractivity contribution in [2.45, 2.75) is 6.92 Å². The van der Waals surface area contributed by atoms with Crippen LogP contribution in [0.1, 0.15) is 11.1 Å². The Morgan fingerprint density at radius 2 is 2.00 bits per heavy atom. The fourth-order valence-corrected chi connectivity index (χ4v) is 2.61. The van der Waals surface area contributed by atoms with Gasteiger partial charge in [0.25, 0.3) is 11.8 Å². The first-order valence-corrected chi connectivity index (χ1v) is 7.79. The summed E-state index contributed by atoms with van der Waals surface area (Å²) in [5.41, 5.74) is 4.01. The Morgan fingerprint density at radius 1 is 1.24 bits per heavy atom. The summed E-state index contributed by atoms with van der Waals surface area (Å²) in [5, 5.41) is 11.7. The van der Waals surface area contributed by atoms with Gasteiger partial charge in [0.05, 0.1) is 12.8 Å². The number of halogens is 1. The van der Waals surface area contributed by atoms with E-state index in [2.05, 4.69) is 5.43 Å². The maximum Gasteiger partial charge on any atom is 0.282 e. The average molecular weight is 359 g/mol. The third-order valence-electron chi connectivity index (χ3n) is 3.86. The van der Waals surface area contributed by atoms with Crippen molar-refractivity contribution < 1.29 is 19.4 Å². The second-order valence-corrected chi connectivity index (χ2v) is 5.88. The second-order valence-electron chi connectivity index (χ2n) is 5.47. The summed E-state index contributed by atoms with van der Waals surface area (Å²) in [6, 6.07) is 9.85. The molecule has 2 aromatic carbocycles. The Labute approximate surface area is 149 Å². The number of ether oxygens (including phenoxy) is 1. The van der Waals surface area contributed by atoms with E-state index in [9.17, 15) is 14.7 Å². The average Bonchev–Trinajstić information content (AvgIpc) is 2.87. The van der Waals surface area contributed by atoms with E-state index in [4.69, 9.17) is 16.3 Å². The number of benzene rings is 2. The van der Waals surface area contributed by atoms with Crippen LogP contribution in [0.15, 0.2) is 42.0 Å². The third-order valence-corrected chi connectivity index (χ3v) is 4.26. The van der Waals surface area contributed by atoms with E-state index in [1.165, 1.54) is 13.2 Å². The number of methoxy groups -OCH3 is 1. The molecule has 2 aromatic rings. The number of aromatic hydroxyl groups is 1. The molecule has 1 fully saturated rings. The number of hydrazine groups is 1. The van der Waals surface area contributed by atoms with Crippen LogP contribution in [0.25, 0.3) is 6.08 Å². The van der Waals surface area contributed by atoms with Gasteiger partial charge in [-0.1, -0.05) is 29.8 Å². The number of carbonyl (C=O) groups is 2. The predicted molar refractivity (Wildman–Crippen MR) is 94.5 cm³/mol. The van der Waals surface area contributed by atoms with E-state index in [1.54, 1.807) is 36.4 Å². The first-order chi connectivity index (χ1) is 11.9. The van der Waals surface area contributed by atoms with Crippen LogP contribution >= 0.6 is 11.6 Å². The topological polar surface area (TPSA) is 78.9 Å². The van der Waals surface area contributed by atoms with Crippen LogP contribution in [-0.2, 0) is 9.59 Å². The summed E-state index contributed by atoms with van der Waals surface area (Å²) in [6.45, 7) is 1.84. The molecule has 25 heavy (non-hydrogen) atoms. The van der Waals surface area contributed by atoms with Crippen LogP contribution in [0.2, 0.25) is 5.02 Å². The summed E-state index contributed by atoms with van der Waals surface area (Å²) in [4.78, 5) is 24.8. The van der Waals surface area contributed by atoms with Gasteiger partial charge >= 0.3 is 0 Å². The summed E-state index contributed by atoms with van der Waals surface area (Å²) in [7, 11) is 1.42. The number of anilines is 1. The molecule has 0 aliphatic carbocycles. The molecule has 0 unspecified atom stereocenters. The number of aryl methyl sites for hydroxylation is 1. The second kappa shape index (κ2) is 6.49. The minimum absolute atomic E-state index is 0.0970. The van der Waals surface area contributed by atoms with Crippen molar-refractivity contribution in [1.29, 1.82) is 0 Å². The first kappa shape index (κ1) is 16.9. The van der Waals surface area contributed by atoms with Crippen molar-refractivity contribution in [2.75, 3.05) is 12.1 Å². The number of carbonyl (C=O) groups excluding carboxylic acids is 2. The maximum atomic E-state index is 12.6. The lowest BCUT2D eigenvalue weighted by molar-refractivity contribution is -0.117. The van der Waals surface area contributed by atoms with Crippen molar-refractivity contribution in [3.63, 3.8) is 0 Å². The number of nitrogens with zero attached hydrogens (tertiary/aromatic N) is 1. The Balaban J connectivity index is 1.98. The summed E-state index contributed by atoms with van der Waals surface area (Å²) in [5.74, 6) is -0.992. The van der Waals surface area contributed by atoms with Gasteiger partial charge in [0.1, 0.15) is 5.57 Å². The van der Waals surface area contributed by atoms with Gasteiger partial charge in [-0.3, -0.25) is 15.0 Å². The summed E-state index contributed by atoms with van der Waals surface area (Å²) < 4.78 is 5.03. The van der Waals surface area contributed by atoms with E-state index >= 15 is 0 Å². The Bertz CT molecular complexity index is 908. The number of phenols is 1. The number of phenolic OH excluding ortho intramolecular Hbond substituents is 1. The zero-order valence-corrected chi connectivity index (χ0v) is 14.3. The van der Waals surface area contributed by atoms with Crippen molar-refractivity contribution in [3.05, 3.63) is 58.1 Å². The minimum Gasteiger partial charge on any atom is -0.504 e. The molecule has 1 saturated heterocycles. The molecule has 0 aromatic heterocycles. The Hall–Kier alpha value is -2.99. The summed E-state index contributed by atoms with van der Waals surface area (Å²) in [6.07, 6.45) is 1.32. The minimum atomic E-state index is -0.566. The molecule has 2 N–H and O–H groups in total. The predicted octanol–water partition coefficient (Wildman–Crippen LogP) is 2.82. The zero-order chi connectivity index (χ0) is 18.1. The fourth-order valence-electron chi connectivity index (χ4n) is 2.44. The van der Waals surface area contributed by atoms with Crippen LogP contribution in [0, 0.1) is 6.92 Å². The van der Waals surface area contributed by atoms with Gasteiger partial charge in [-0.05, 0) is 36.8 Å². The van der Waals surface area contributed by atoms with E-state index in [0.717, 1.165) is 10.6 Å². The molecule has 0 spiro atoms. The van der Waals surface area contributed by atoms with Crippen molar-refractivity contribution in [3.8, 4) is 11.5 Å². The highest BCUT2D eigenvalue weighted by atomic mass is 35.5. The monoisotopic (exact) mass is 358 g/mol. The number of hydrogen-bond acceptors (Lipinski definition) is 4. The van der Waals surface area contributed by atoms with Crippen LogP contribution in [0.5, 0.6) is 11.5 Å². The first-order valence-electron chi connectivity index (χ1n) is 7.41. The standard InChI is InChI=1S/C18H15ClN2O4/c1-10-6-7-12(9-14(10)19)21-18(24)13(17(23)20-21)8-11-4-3-5-15(25-2)16(11)22/h3-9,22H,1-2H3,(H,20,23)/b13-8-. The number of rotatable bonds is 3. The quantitative estimate of drug-likeness (QED) is 0.653. The van der Waals surface area contributed by atoms with Crippen molar-refractivity contribution in [2.24, 2.45) is 0 Å². The molecule has 6 nitrogen and oxygen atoms in total. The highest BCUT2D eigenvalue weighted by Crippen LogP contribution is 2.32. The van der Waals surface area contributed by atoms with Gasteiger partial charge in [0.15, 0.2) is 11.5 Å². The molecule has 128 valence electrons. The van der Waals surface area contributed by atoms with E-state index < -0.39 is 11.8 Å². The molecule has 0 atom stereocenters. The van der Waals surface area contributed by atoms with E-state index in [1.807, 2.05) is 6.92 Å². The smallest absolute Gasteiger partial charge is 0.282 e. The molecule has 1 aliphatic heterocycles. The Kier molecular flexibility index (Phi) is 4.37. The molecule has 0 saturated carbocycles. The van der Waals surface area contributed by atoms with Gasteiger partial charge in [-0.2, -0.15) is 0 Å². The number of para-hydroxylation sites is 1. The molecule has 2 amide bonds. The van der Waals surface area contributed by atoms with Gasteiger partial charge in [-0.15, -0.1) is 0 Å². The van der Waals surface area contributed by atoms with Crippen LogP contribution < -0.4 is 15.2 Å². The molecule has 0 bridgehead atoms. The van der Waals surface area contributed by atoms with Crippen LogP contribution in [0.3, 0.4) is 0 Å². The lowest BCUT2D eigenvalue weighted by atomic mass is 10.1. The molecule has 1 aliphatic rings. The Morgan fingerprint density at radius 3 is 2.68 bits per heavy atom. The number of amides is 2. The lowest BCUT2D eigenvalue weighted by Crippen LogP contribution is -2.35. The molecule has 3 rings (SSSR count). The number of hydrogen-bond donors (Lipinski definition) is 2. The third kappa shape index (κ3) is 3.04. The normalized spacial score (nSPS) is 15.6. The molecular formula is C18H15ClN2O4. The van der Waals surface area contributed by atoms with Gasteiger partial charge < -0.3 is 9.84 Å². The molecule has 1 heterocycles. The summed E-state index contributed by atoms with van der Waals surface area (Å²) >= 11 is 6.08. The lowest BCUT2D eigenvalue weighted by Gasteiger charge is -2.15. The zero-order valence-electron chi connectivity index (χ0n) is 13.5. The molecular weight excluding hydrogens is 344 g/mol. The number of nitrogens with one attached hydrogen (secondary N) is 1. The fraction of sp³-hybridized carbons (Fsp3) is 0.111. The SMILES string of the molecule is COc1cccc(/C=C2/C(=O)NN(c3ccc(C)c(Cl)c3)C2=O)c1O. The molecule has 7 heteroatoms. The van der Waals surface area contributed by atoms with Crippen LogP contribution in [0.4, 0.5) is 5.69 Å². The maximum absolute atomic E-state index is 12.6. The van der Waals surface area contributed by atoms with Crippen molar-refractivity contribution >= 4 is 35.2 Å². The van der Waals surface area contributed by atoms with E-state index in [0.29, 0.717) is 16.3 Å². The van der Waals surface area contributed by atoms with E-state index in [-0.39, 0.29) is 17.1 Å². The van der Waals surface area contributed by atoms with Crippen LogP contribution in [-0.4, -0.2) is 24.0 Å². The highest BCUT2D eigenvalue weighted by molar-refractivity contribution is 6.33. The van der Waals surface area contributed by atoms with Crippen molar-refractivity contribution in [1.82, 2.24) is 5.43 Å². The highest BCUT2D eigenvalue weighted by Gasteiger charge is 2.34. The molecule has 0 radical (unpaired) electrons. The van der Waals surface area contributed by atoms with Gasteiger partial charge in [-0.25, -0.2) is 5.01 Å². The largest absolute Gasteiger partial charge is 0.504 e. The van der Waals surface area contributed by atoms with Gasteiger partial charge in [0, 0.05) is 10.6 Å². The van der Waals surface area contributed by atoms with Gasteiger partial charge in [0.2, 0.25) is 0 Å².